The lowest BCUT2D eigenvalue weighted by molar-refractivity contribution is -0.140. The van der Waals surface area contributed by atoms with Crippen LogP contribution in [0.1, 0.15) is 42.1 Å². The molecule has 0 bridgehead atoms. The summed E-state index contributed by atoms with van der Waals surface area (Å²) in [5.74, 6) is 1.37. The van der Waals surface area contributed by atoms with E-state index in [2.05, 4.69) is 27.5 Å². The molecule has 0 spiro atoms. The van der Waals surface area contributed by atoms with Crippen molar-refractivity contribution in [1.82, 2.24) is 19.8 Å². The van der Waals surface area contributed by atoms with Crippen molar-refractivity contribution in [3.63, 3.8) is 0 Å². The number of aromatic nitrogens is 2. The van der Waals surface area contributed by atoms with Crippen LogP contribution < -0.4 is 15.4 Å². The Bertz CT molecular complexity index is 1840. The Morgan fingerprint density at radius 3 is 2.53 bits per heavy atom. The van der Waals surface area contributed by atoms with Crippen LogP contribution in [0.3, 0.4) is 0 Å². The first-order valence-electron chi connectivity index (χ1n) is 14.7. The number of halogens is 6. The van der Waals surface area contributed by atoms with Gasteiger partial charge in [-0.15, -0.1) is 0 Å². The first-order valence-corrected chi connectivity index (χ1v) is 16.6. The Balaban J connectivity index is 1.37. The Hall–Kier alpha value is -3.97. The molecule has 1 aliphatic heterocycles. The molecule has 5 rings (SSSR count). The second kappa shape index (κ2) is 12.9. The van der Waals surface area contributed by atoms with Gasteiger partial charge in [-0.05, 0) is 30.5 Å². The molecule has 2 N–H and O–H groups in total. The average Bonchev–Trinajstić information content (AvgIpc) is 3.35. The largest absolute Gasteiger partial charge is 0.494 e. The molecule has 47 heavy (non-hydrogen) atoms. The summed E-state index contributed by atoms with van der Waals surface area (Å²) in [6.07, 6.45) is -2.55. The molecule has 2 aromatic carbocycles. The Morgan fingerprint density at radius 1 is 1.19 bits per heavy atom. The number of carbonyl (C=O) groups is 1. The molecule has 254 valence electrons. The van der Waals surface area contributed by atoms with Gasteiger partial charge in [0.05, 0.1) is 36.7 Å². The number of fused-ring (bicyclic) bond motifs is 1. The lowest BCUT2D eigenvalue weighted by atomic mass is 9.83. The topological polar surface area (TPSA) is 106 Å². The standard InChI is InChI=1S/C31H33F6N5O4S/c1-18-15-41(20-13-30(33,34)14-20)8-6-23(18)40-29(43)21-9-19(10-25-28(21)39-17-42(25)16-31(35,36)37)5-4-7-38-24-12-27(47(3,44)45)22(32)11-26(24)46-2/h9-12,17-18,20,23,38H,6-8,13-16H2,1-3H3,(H,40,43)/t18-,23-/m0/s1. The van der Waals surface area contributed by atoms with E-state index in [1.807, 2.05) is 11.8 Å². The van der Waals surface area contributed by atoms with Crippen LogP contribution in [-0.2, 0) is 16.4 Å². The van der Waals surface area contributed by atoms with E-state index in [0.717, 1.165) is 29.3 Å². The van der Waals surface area contributed by atoms with E-state index < -0.39 is 45.1 Å². The second-order valence-electron chi connectivity index (χ2n) is 12.0. The van der Waals surface area contributed by atoms with Gasteiger partial charge in [-0.1, -0.05) is 18.8 Å². The molecule has 0 unspecified atom stereocenters. The number of hydrogen-bond acceptors (Lipinski definition) is 7. The molecule has 3 aromatic rings. The molecule has 1 aliphatic carbocycles. The fraction of sp³-hybridized carbons (Fsp3) is 0.484. The summed E-state index contributed by atoms with van der Waals surface area (Å²) in [4.78, 5) is 19.1. The maximum absolute atomic E-state index is 14.3. The quantitative estimate of drug-likeness (QED) is 0.258. The van der Waals surface area contributed by atoms with E-state index >= 15 is 0 Å². The third-order valence-electron chi connectivity index (χ3n) is 8.41. The van der Waals surface area contributed by atoms with Crippen LogP contribution in [0.25, 0.3) is 11.0 Å². The minimum Gasteiger partial charge on any atom is -0.494 e. The SMILES string of the molecule is COc1cc(F)c(S(C)(=O)=O)cc1NCC#Cc1cc(C(=O)N[C@H]2CCN(C3CC(F)(F)C3)C[C@@H]2C)c2ncn(CC(F)(F)F)c2c1. The van der Waals surface area contributed by atoms with Crippen LogP contribution in [0.15, 0.2) is 35.5 Å². The van der Waals surface area contributed by atoms with Gasteiger partial charge in [-0.3, -0.25) is 9.69 Å². The highest BCUT2D eigenvalue weighted by Crippen LogP contribution is 2.41. The zero-order chi connectivity index (χ0) is 34.3. The first kappa shape index (κ1) is 34.4. The summed E-state index contributed by atoms with van der Waals surface area (Å²) in [5, 5.41) is 5.81. The van der Waals surface area contributed by atoms with Gasteiger partial charge in [0.25, 0.3) is 11.8 Å². The first-order chi connectivity index (χ1) is 21.9. The van der Waals surface area contributed by atoms with Crippen LogP contribution in [0.5, 0.6) is 5.75 Å². The lowest BCUT2D eigenvalue weighted by Crippen LogP contribution is -2.57. The molecule has 2 heterocycles. The number of rotatable bonds is 8. The number of hydrogen-bond donors (Lipinski definition) is 2. The molecule has 16 heteroatoms. The highest BCUT2D eigenvalue weighted by atomic mass is 32.2. The molecule has 1 saturated carbocycles. The highest BCUT2D eigenvalue weighted by molar-refractivity contribution is 7.90. The number of sulfone groups is 1. The number of benzene rings is 2. The summed E-state index contributed by atoms with van der Waals surface area (Å²) in [6, 6.07) is 4.30. The number of likely N-dealkylation sites (tertiary alicyclic amines) is 1. The Kier molecular flexibility index (Phi) is 9.44. The van der Waals surface area contributed by atoms with Gasteiger partial charge < -0.3 is 19.9 Å². The molecule has 1 amide bonds. The van der Waals surface area contributed by atoms with E-state index in [4.69, 9.17) is 4.74 Å². The monoisotopic (exact) mass is 685 g/mol. The van der Waals surface area contributed by atoms with E-state index in [1.54, 1.807) is 0 Å². The number of piperidine rings is 1. The van der Waals surface area contributed by atoms with Crippen LogP contribution in [0.4, 0.5) is 32.0 Å². The van der Waals surface area contributed by atoms with Crippen molar-refractivity contribution in [3.05, 3.63) is 47.5 Å². The number of carbonyl (C=O) groups excluding carboxylic acids is 1. The number of alkyl halides is 5. The van der Waals surface area contributed by atoms with Gasteiger partial charge >= 0.3 is 6.18 Å². The summed E-state index contributed by atoms with van der Waals surface area (Å²) in [6.45, 7) is 1.51. The van der Waals surface area contributed by atoms with Crippen LogP contribution in [0, 0.1) is 23.6 Å². The predicted molar refractivity (Wildman–Crippen MR) is 162 cm³/mol. The van der Waals surface area contributed by atoms with Crippen LogP contribution in [-0.4, -0.2) is 86.0 Å². The number of amides is 1. The summed E-state index contributed by atoms with van der Waals surface area (Å²) in [5.41, 5.74) is 0.478. The van der Waals surface area contributed by atoms with Gasteiger partial charge in [0.15, 0.2) is 9.84 Å². The Morgan fingerprint density at radius 2 is 1.91 bits per heavy atom. The van der Waals surface area contributed by atoms with Gasteiger partial charge in [-0.25, -0.2) is 26.6 Å². The van der Waals surface area contributed by atoms with Crippen molar-refractivity contribution < 1.29 is 44.3 Å². The number of nitrogens with zero attached hydrogens (tertiary/aromatic N) is 3. The molecule has 2 fully saturated rings. The predicted octanol–water partition coefficient (Wildman–Crippen LogP) is 4.85. The van der Waals surface area contributed by atoms with Gasteiger partial charge in [-0.2, -0.15) is 13.2 Å². The maximum atomic E-state index is 14.3. The van der Waals surface area contributed by atoms with E-state index in [9.17, 15) is 39.6 Å². The van der Waals surface area contributed by atoms with Gasteiger partial charge in [0, 0.05) is 55.9 Å². The number of nitrogens with one attached hydrogen (secondary N) is 2. The van der Waals surface area contributed by atoms with Crippen molar-refractivity contribution in [3.8, 4) is 17.6 Å². The zero-order valence-corrected chi connectivity index (χ0v) is 26.5. The summed E-state index contributed by atoms with van der Waals surface area (Å²) in [7, 11) is -2.61. The van der Waals surface area contributed by atoms with Crippen LogP contribution in [0.2, 0.25) is 0 Å². The third kappa shape index (κ3) is 7.95. The number of ether oxygens (including phenoxy) is 1. The fourth-order valence-corrected chi connectivity index (χ4v) is 6.74. The van der Waals surface area contributed by atoms with E-state index in [1.165, 1.54) is 19.2 Å². The molecule has 1 saturated heterocycles. The van der Waals surface area contributed by atoms with Crippen molar-refractivity contribution >= 4 is 32.5 Å². The van der Waals surface area contributed by atoms with Crippen molar-refractivity contribution in [2.24, 2.45) is 5.92 Å². The highest BCUT2D eigenvalue weighted by Gasteiger charge is 2.48. The van der Waals surface area contributed by atoms with Crippen molar-refractivity contribution in [1.29, 1.82) is 0 Å². The molecular weight excluding hydrogens is 652 g/mol. The van der Waals surface area contributed by atoms with E-state index in [0.29, 0.717) is 19.5 Å². The normalized spacial score (nSPS) is 20.3. The van der Waals surface area contributed by atoms with Crippen molar-refractivity contribution in [2.75, 3.05) is 38.3 Å². The van der Waals surface area contributed by atoms with Gasteiger partial charge in [0.1, 0.15) is 28.5 Å². The summed E-state index contributed by atoms with van der Waals surface area (Å²) >= 11 is 0. The summed E-state index contributed by atoms with van der Waals surface area (Å²) < 4.78 is 111. The molecule has 9 nitrogen and oxygen atoms in total. The zero-order valence-electron chi connectivity index (χ0n) is 25.7. The molecular formula is C31H33F6N5O4S. The maximum Gasteiger partial charge on any atom is 0.406 e. The minimum atomic E-state index is -4.56. The number of methoxy groups -OCH3 is 1. The van der Waals surface area contributed by atoms with Crippen molar-refractivity contribution in [2.45, 2.75) is 61.8 Å². The molecule has 1 aromatic heterocycles. The molecule has 0 radical (unpaired) electrons. The Labute approximate surface area is 267 Å². The molecule has 2 atom stereocenters. The lowest BCUT2D eigenvalue weighted by Gasteiger charge is -2.47. The smallest absolute Gasteiger partial charge is 0.406 e. The van der Waals surface area contributed by atoms with Gasteiger partial charge in [0.2, 0.25) is 0 Å². The third-order valence-corrected chi connectivity index (χ3v) is 9.52. The number of anilines is 1. The van der Waals surface area contributed by atoms with Crippen LogP contribution >= 0.6 is 0 Å². The fourth-order valence-electron chi connectivity index (χ4n) is 6.00. The average molecular weight is 686 g/mol. The minimum absolute atomic E-state index is 0.0203. The second-order valence-corrected chi connectivity index (χ2v) is 14.0. The van der Waals surface area contributed by atoms with E-state index in [-0.39, 0.29) is 71.0 Å². The molecule has 2 aliphatic rings. The number of imidazole rings is 1.